The number of benzene rings is 15. The molecule has 0 fully saturated rings. The van der Waals surface area contributed by atoms with E-state index in [-0.39, 0.29) is 12.1 Å². The molecule has 0 radical (unpaired) electrons. The van der Waals surface area contributed by atoms with E-state index in [1.165, 1.54) is 94.5 Å². The molecule has 0 spiro atoms. The van der Waals surface area contributed by atoms with E-state index in [0.29, 0.717) is 5.56 Å². The van der Waals surface area contributed by atoms with Crippen LogP contribution in [-0.4, -0.2) is 23.9 Å². The number of aromatic nitrogens is 2. The lowest BCUT2D eigenvalue weighted by Gasteiger charge is -2.42. The Hall–Kier alpha value is -12.2. The van der Waals surface area contributed by atoms with Crippen LogP contribution in [0.3, 0.4) is 0 Å². The van der Waals surface area contributed by atoms with Crippen LogP contribution < -0.4 is 42.0 Å². The average Bonchev–Trinajstić information content (AvgIpc) is 0.959. The maximum Gasteiger partial charge on any atom is 0.249 e. The molecule has 9 heteroatoms. The van der Waals surface area contributed by atoms with Gasteiger partial charge in [-0.3, -0.25) is 0 Å². The average molecular weight is 1380 g/mol. The molecule has 19 aromatic rings. The molecule has 104 heavy (non-hydrogen) atoms. The number of fused-ring (bicyclic) bond motifs is 17. The van der Waals surface area contributed by atoms with Crippen LogP contribution in [0.5, 0.6) is 0 Å². The Morgan fingerprint density at radius 1 is 0.404 bits per heavy atom. The summed E-state index contributed by atoms with van der Waals surface area (Å²) < 4.78 is 15.0. The van der Waals surface area contributed by atoms with E-state index in [4.69, 9.17) is 4.42 Å². The molecule has 488 valence electrons. The molecule has 5 nitrogen and oxygen atoms in total. The van der Waals surface area contributed by atoms with Gasteiger partial charge in [0.2, 0.25) is 6.71 Å². The molecule has 0 unspecified atom stereocenters. The molecule has 0 aliphatic carbocycles. The van der Waals surface area contributed by atoms with Gasteiger partial charge in [0.05, 0.1) is 39.4 Å². The monoisotopic (exact) mass is 1380 g/mol. The Labute approximate surface area is 611 Å². The second-order valence-corrected chi connectivity index (χ2v) is 34.9. The first kappa shape index (κ1) is 60.6. The number of anilines is 3. The molecule has 15 aromatic carbocycles. The minimum Gasteiger partial charge on any atom is -0.456 e. The summed E-state index contributed by atoms with van der Waals surface area (Å²) >= 11 is 3.76. The summed E-state index contributed by atoms with van der Waals surface area (Å²) in [6.45, 7) is 6.79. The summed E-state index contributed by atoms with van der Waals surface area (Å²) in [5.41, 5.74) is 21.8. The summed E-state index contributed by atoms with van der Waals surface area (Å²) in [7, 11) is -3.35. The van der Waals surface area contributed by atoms with Crippen molar-refractivity contribution in [2.24, 2.45) is 0 Å². The Balaban J connectivity index is 0.908. The fourth-order valence-corrected chi connectivity index (χ4v) is 24.9. The number of furan rings is 1. The maximum atomic E-state index is 10.4. The second-order valence-electron chi connectivity index (χ2n) is 28.9. The van der Waals surface area contributed by atoms with Crippen molar-refractivity contribution >= 4 is 178 Å². The summed E-state index contributed by atoms with van der Waals surface area (Å²) in [6.07, 6.45) is 0. The lowest BCUT2D eigenvalue weighted by atomic mass is 9.35. The number of thiophene rings is 1. The van der Waals surface area contributed by atoms with Crippen molar-refractivity contribution in [2.75, 3.05) is 4.90 Å². The Morgan fingerprint density at radius 2 is 0.971 bits per heavy atom. The SMILES string of the molecule is CC(C)(C)c1ccc(N2c3cc(-n4c5ccccc5c5cc(C#N)ccc54)ccc3B3c4ccc(-n5c6ccccc6c6ccccc65)cc4Sc4cc(-c5cc([Si](c6ccccc6)(c6ccccc6)c6ccccc6)c6oc7ccc8sc9ccccc9c8c7c6c5)cc2c43)c(-c2ccccc2)c1. The van der Waals surface area contributed by atoms with Gasteiger partial charge < -0.3 is 18.5 Å². The smallest absolute Gasteiger partial charge is 0.249 e. The number of para-hydroxylation sites is 3. The van der Waals surface area contributed by atoms with Gasteiger partial charge in [-0.2, -0.15) is 5.26 Å². The first-order valence-electron chi connectivity index (χ1n) is 35.7. The van der Waals surface area contributed by atoms with Gasteiger partial charge >= 0.3 is 0 Å². The predicted octanol–water partition coefficient (Wildman–Crippen LogP) is 20.8. The Bertz CT molecular complexity index is 6690. The zero-order chi connectivity index (χ0) is 69.1. The van der Waals surface area contributed by atoms with Crippen LogP contribution in [0, 0.1) is 11.3 Å². The summed E-state index contributed by atoms with van der Waals surface area (Å²) in [4.78, 5) is 5.06. The van der Waals surface area contributed by atoms with E-state index >= 15 is 0 Å². The lowest BCUT2D eigenvalue weighted by Crippen LogP contribution is -2.74. The molecule has 6 heterocycles. The van der Waals surface area contributed by atoms with Crippen molar-refractivity contribution < 1.29 is 4.42 Å². The van der Waals surface area contributed by atoms with Gasteiger partial charge in [-0.1, -0.05) is 256 Å². The standard InChI is InChI=1S/C95H63BN4OS2Si/c1-95(2,3)63-41-47-81(73(55-63)60-24-8-4-9-25-60)100-83-56-64(98-80-38-22-18-34-71(80)74-50-59(58-97)40-46-82(74)98)42-44-76(83)96-77-45-43-65(99-78-36-20-16-32-69(78)70-33-17-21-37-79(70)99)57-88(77)103-89-53-62(52-84(100)93(89)96)61-51-75-91-85(48-49-87-92(91)72-35-19-23-39-86(72)102-87)101-94(75)90(54-61)104(66-26-10-5-11-27-66,67-28-12-6-13-29-67)68-30-14-7-15-31-68/h4-57H,1-3H3. The van der Waals surface area contributed by atoms with Gasteiger partial charge in [0.25, 0.3) is 0 Å². The second kappa shape index (κ2) is 23.2. The normalized spacial score (nSPS) is 12.9. The van der Waals surface area contributed by atoms with Crippen molar-refractivity contribution in [1.29, 1.82) is 5.26 Å². The third kappa shape index (κ3) is 8.99. The first-order chi connectivity index (χ1) is 51.2. The van der Waals surface area contributed by atoms with Crippen molar-refractivity contribution in [3.05, 3.63) is 339 Å². The van der Waals surface area contributed by atoms with Crippen LogP contribution in [0.1, 0.15) is 31.9 Å². The van der Waals surface area contributed by atoms with Gasteiger partial charge in [-0.25, -0.2) is 0 Å². The molecular weight excluding hydrogens is 1320 g/mol. The van der Waals surface area contributed by atoms with Crippen LogP contribution in [0.4, 0.5) is 17.1 Å². The van der Waals surface area contributed by atoms with Crippen LogP contribution >= 0.6 is 23.1 Å². The van der Waals surface area contributed by atoms with Crippen LogP contribution in [0.25, 0.3) is 119 Å². The fourth-order valence-electron chi connectivity index (χ4n) is 17.7. The minimum atomic E-state index is -3.35. The quantitative estimate of drug-likeness (QED) is 0.107. The summed E-state index contributed by atoms with van der Waals surface area (Å²) in [5, 5.41) is 24.7. The molecule has 2 aliphatic rings. The predicted molar refractivity (Wildman–Crippen MR) is 443 cm³/mol. The molecular formula is C95H63BN4OS2Si. The van der Waals surface area contributed by atoms with Crippen molar-refractivity contribution in [1.82, 2.24) is 9.13 Å². The van der Waals surface area contributed by atoms with E-state index in [1.807, 2.05) is 29.2 Å². The highest BCUT2D eigenvalue weighted by Gasteiger charge is 2.46. The lowest BCUT2D eigenvalue weighted by molar-refractivity contribution is 0.590. The Morgan fingerprint density at radius 3 is 1.62 bits per heavy atom. The third-order valence-electron chi connectivity index (χ3n) is 22.3. The van der Waals surface area contributed by atoms with Gasteiger partial charge in [-0.15, -0.1) is 11.3 Å². The van der Waals surface area contributed by atoms with Crippen LogP contribution in [0.15, 0.2) is 342 Å². The van der Waals surface area contributed by atoms with E-state index in [9.17, 15) is 5.26 Å². The number of rotatable bonds is 9. The van der Waals surface area contributed by atoms with Crippen molar-refractivity contribution in [3.63, 3.8) is 0 Å². The van der Waals surface area contributed by atoms with Crippen molar-refractivity contribution in [2.45, 2.75) is 36.0 Å². The molecule has 0 amide bonds. The number of hydrogen-bond acceptors (Lipinski definition) is 5. The van der Waals surface area contributed by atoms with E-state index in [2.05, 4.69) is 362 Å². The zero-order valence-electron chi connectivity index (χ0n) is 57.3. The third-order valence-corrected chi connectivity index (χ3v) is 29.3. The first-order valence-corrected chi connectivity index (χ1v) is 39.3. The number of nitriles is 1. The van der Waals surface area contributed by atoms with Crippen molar-refractivity contribution in [3.8, 4) is 39.7 Å². The van der Waals surface area contributed by atoms with E-state index < -0.39 is 8.07 Å². The number of nitrogens with zero attached hydrogens (tertiary/aromatic N) is 4. The molecule has 0 saturated heterocycles. The summed E-state index contributed by atoms with van der Waals surface area (Å²) in [5.74, 6) is 0. The van der Waals surface area contributed by atoms with Gasteiger partial charge in [0.15, 0.2) is 8.07 Å². The largest absolute Gasteiger partial charge is 0.456 e. The topological polar surface area (TPSA) is 50.0 Å². The molecule has 0 saturated carbocycles. The molecule has 21 rings (SSSR count). The zero-order valence-corrected chi connectivity index (χ0v) is 59.9. The molecule has 4 aromatic heterocycles. The van der Waals surface area contributed by atoms with Gasteiger partial charge in [-0.05, 0) is 169 Å². The minimum absolute atomic E-state index is 0.147. The van der Waals surface area contributed by atoms with E-state index in [1.54, 1.807) is 0 Å². The van der Waals surface area contributed by atoms with Gasteiger partial charge in [0, 0.05) is 90.6 Å². The van der Waals surface area contributed by atoms with Crippen LogP contribution in [-0.2, 0) is 5.41 Å². The number of hydrogen-bond donors (Lipinski definition) is 0. The molecule has 2 aliphatic heterocycles. The highest BCUT2D eigenvalue weighted by molar-refractivity contribution is 8.00. The highest BCUT2D eigenvalue weighted by atomic mass is 32.2. The fraction of sp³-hybridized carbons (Fsp3) is 0.0421. The molecule has 0 bridgehead atoms. The Kier molecular flexibility index (Phi) is 13.5. The summed E-state index contributed by atoms with van der Waals surface area (Å²) in [6, 6.07) is 125. The van der Waals surface area contributed by atoms with Gasteiger partial charge in [0.1, 0.15) is 11.2 Å². The maximum absolute atomic E-state index is 10.4. The molecule has 0 atom stereocenters. The molecule has 0 N–H and O–H groups in total. The van der Waals surface area contributed by atoms with E-state index in [0.717, 1.165) is 94.4 Å². The van der Waals surface area contributed by atoms with Crippen LogP contribution in [0.2, 0.25) is 0 Å². The highest BCUT2D eigenvalue weighted by Crippen LogP contribution is 2.50.